The molecule has 2 aromatic rings. The molecule has 26 heavy (non-hydrogen) atoms. The number of nitrogens with one attached hydrogen (secondary N) is 2. The number of methoxy groups -OCH3 is 1. The summed E-state index contributed by atoms with van der Waals surface area (Å²) in [5, 5.41) is 3.31. The van der Waals surface area contributed by atoms with Gasteiger partial charge in [-0.3, -0.25) is 3.53 Å². The van der Waals surface area contributed by atoms with Gasteiger partial charge in [-0.2, -0.15) is 0 Å². The molecule has 1 fully saturated rings. The zero-order chi connectivity index (χ0) is 18.4. The number of anilines is 1. The topological polar surface area (TPSA) is 45.6 Å². The van der Waals surface area contributed by atoms with Crippen molar-refractivity contribution >= 4 is 34.5 Å². The highest BCUT2D eigenvalue weighted by Crippen LogP contribution is 2.34. The van der Waals surface area contributed by atoms with Crippen molar-refractivity contribution < 1.29 is 9.13 Å². The fourth-order valence-electron chi connectivity index (χ4n) is 3.35. The van der Waals surface area contributed by atoms with Crippen LogP contribution in [0.3, 0.4) is 0 Å². The molecule has 1 aliphatic carbocycles. The van der Waals surface area contributed by atoms with Crippen molar-refractivity contribution in [3.63, 3.8) is 0 Å². The number of hydrogen-bond donors (Lipinski definition) is 2. The molecule has 0 bridgehead atoms. The Morgan fingerprint density at radius 2 is 1.69 bits per heavy atom. The first-order valence-electron chi connectivity index (χ1n) is 8.79. The predicted octanol–water partition coefficient (Wildman–Crippen LogP) is 5.27. The molecule has 0 unspecified atom stereocenters. The maximum atomic E-state index is 13.1. The van der Waals surface area contributed by atoms with Crippen LogP contribution in [0.25, 0.3) is 0 Å². The molecule has 0 aromatic heterocycles. The van der Waals surface area contributed by atoms with E-state index < -0.39 is 0 Å². The third-order valence-corrected chi connectivity index (χ3v) is 5.30. The number of rotatable bonds is 4. The van der Waals surface area contributed by atoms with E-state index >= 15 is 0 Å². The van der Waals surface area contributed by atoms with E-state index in [1.54, 1.807) is 19.2 Å². The molecule has 6 heteroatoms. The van der Waals surface area contributed by atoms with E-state index in [1.165, 1.54) is 5.56 Å². The molecule has 138 valence electrons. The van der Waals surface area contributed by atoms with E-state index in [-0.39, 0.29) is 5.82 Å². The second-order valence-electron chi connectivity index (χ2n) is 6.48. The molecule has 0 heterocycles. The van der Waals surface area contributed by atoms with Crippen molar-refractivity contribution in [2.24, 2.45) is 4.99 Å². The number of benzene rings is 2. The molecular formula is C20H23FIN3O. The molecule has 2 aromatic carbocycles. The second-order valence-corrected chi connectivity index (χ2v) is 7.02. The van der Waals surface area contributed by atoms with Crippen LogP contribution in [0.4, 0.5) is 10.1 Å². The van der Waals surface area contributed by atoms with E-state index in [0.29, 0.717) is 12.0 Å². The minimum atomic E-state index is -0.172. The summed E-state index contributed by atoms with van der Waals surface area (Å²) in [5.74, 6) is 1.93. The highest BCUT2D eigenvalue weighted by Gasteiger charge is 2.22. The summed E-state index contributed by atoms with van der Waals surface area (Å²) in [4.78, 5) is 4.83. The normalized spacial score (nSPS) is 20.5. The standard InChI is InChI=1S/C20H23FIN3O/c1-26-19-12-10-18(11-13-19)24-20(25-22)23-17-8-4-15(5-9-17)14-2-6-16(21)7-3-14/h2-3,6-7,10-13,15,17H,4-5,8-9H2,1H3,(H2,23,24,25). The van der Waals surface area contributed by atoms with Crippen molar-refractivity contribution in [2.45, 2.75) is 37.6 Å². The van der Waals surface area contributed by atoms with Gasteiger partial charge in [-0.25, -0.2) is 9.38 Å². The Morgan fingerprint density at radius 1 is 1.04 bits per heavy atom. The van der Waals surface area contributed by atoms with Gasteiger partial charge in [0.05, 0.1) is 36.0 Å². The zero-order valence-corrected chi connectivity index (χ0v) is 16.9. The lowest BCUT2D eigenvalue weighted by Gasteiger charge is -2.27. The van der Waals surface area contributed by atoms with E-state index in [1.807, 2.05) is 36.4 Å². The SMILES string of the molecule is COc1ccc(NC(=NC2CCC(c3ccc(F)cc3)CC2)NI)cc1. The quantitative estimate of drug-likeness (QED) is 0.279. The van der Waals surface area contributed by atoms with Gasteiger partial charge in [0.25, 0.3) is 0 Å². The Bertz CT molecular complexity index is 726. The molecule has 4 nitrogen and oxygen atoms in total. The van der Waals surface area contributed by atoms with Crippen LogP contribution in [0, 0.1) is 5.82 Å². The molecule has 0 spiro atoms. The lowest BCUT2D eigenvalue weighted by molar-refractivity contribution is 0.396. The minimum Gasteiger partial charge on any atom is -0.497 e. The average Bonchev–Trinajstić information content (AvgIpc) is 2.69. The number of hydrogen-bond acceptors (Lipinski definition) is 2. The lowest BCUT2D eigenvalue weighted by Crippen LogP contribution is -2.27. The maximum absolute atomic E-state index is 13.1. The summed E-state index contributed by atoms with van der Waals surface area (Å²) in [6.45, 7) is 0. The number of halogens is 2. The lowest BCUT2D eigenvalue weighted by atomic mass is 9.82. The van der Waals surface area contributed by atoms with Gasteiger partial charge < -0.3 is 10.1 Å². The molecule has 0 amide bonds. The molecule has 0 atom stereocenters. The number of aliphatic imine (C=N–C) groups is 1. The van der Waals surface area contributed by atoms with E-state index in [2.05, 4.69) is 31.7 Å². The van der Waals surface area contributed by atoms with Crippen LogP contribution in [-0.4, -0.2) is 19.1 Å². The summed E-state index contributed by atoms with van der Waals surface area (Å²) in [6, 6.07) is 15.0. The molecule has 0 saturated heterocycles. The van der Waals surface area contributed by atoms with E-state index in [0.717, 1.165) is 43.1 Å². The first-order chi connectivity index (χ1) is 12.7. The number of ether oxygens (including phenoxy) is 1. The number of nitrogens with zero attached hydrogens (tertiary/aromatic N) is 1. The first kappa shape index (κ1) is 18.9. The first-order valence-corrected chi connectivity index (χ1v) is 9.87. The Labute approximate surface area is 167 Å². The predicted molar refractivity (Wildman–Crippen MR) is 113 cm³/mol. The van der Waals surface area contributed by atoms with Crippen molar-refractivity contribution in [1.82, 2.24) is 3.53 Å². The van der Waals surface area contributed by atoms with Crippen LogP contribution in [0.5, 0.6) is 5.75 Å². The van der Waals surface area contributed by atoms with Crippen LogP contribution in [0.1, 0.15) is 37.2 Å². The van der Waals surface area contributed by atoms with Gasteiger partial charge >= 0.3 is 0 Å². The van der Waals surface area contributed by atoms with E-state index in [9.17, 15) is 4.39 Å². The second kappa shape index (κ2) is 9.21. The van der Waals surface area contributed by atoms with Crippen molar-refractivity contribution in [3.05, 3.63) is 59.9 Å². The molecule has 1 saturated carbocycles. The highest BCUT2D eigenvalue weighted by atomic mass is 127. The van der Waals surface area contributed by atoms with Gasteiger partial charge in [-0.05, 0) is 73.6 Å². The van der Waals surface area contributed by atoms with Crippen molar-refractivity contribution in [3.8, 4) is 5.75 Å². The van der Waals surface area contributed by atoms with Gasteiger partial charge in [0, 0.05) is 5.69 Å². The Kier molecular flexibility index (Phi) is 6.71. The molecular weight excluding hydrogens is 444 g/mol. The smallest absolute Gasteiger partial charge is 0.204 e. The molecule has 3 rings (SSSR count). The fraction of sp³-hybridized carbons (Fsp3) is 0.350. The van der Waals surface area contributed by atoms with Gasteiger partial charge in [-0.1, -0.05) is 12.1 Å². The summed E-state index contributed by atoms with van der Waals surface area (Å²) in [5.41, 5.74) is 2.20. The summed E-state index contributed by atoms with van der Waals surface area (Å²) in [6.07, 6.45) is 4.23. The van der Waals surface area contributed by atoms with Crippen LogP contribution in [0.15, 0.2) is 53.5 Å². The molecule has 1 aliphatic rings. The van der Waals surface area contributed by atoms with Gasteiger partial charge in [-0.15, -0.1) is 0 Å². The van der Waals surface area contributed by atoms with Crippen molar-refractivity contribution in [2.75, 3.05) is 12.4 Å². The van der Waals surface area contributed by atoms with Crippen molar-refractivity contribution in [1.29, 1.82) is 0 Å². The van der Waals surface area contributed by atoms with Crippen LogP contribution >= 0.6 is 22.9 Å². The summed E-state index contributed by atoms with van der Waals surface area (Å²) < 4.78 is 21.4. The number of guanidine groups is 1. The summed E-state index contributed by atoms with van der Waals surface area (Å²) >= 11 is 2.10. The van der Waals surface area contributed by atoms with Gasteiger partial charge in [0.15, 0.2) is 0 Å². The minimum absolute atomic E-state index is 0.172. The molecule has 2 N–H and O–H groups in total. The zero-order valence-electron chi connectivity index (χ0n) is 14.7. The Morgan fingerprint density at radius 3 is 2.27 bits per heavy atom. The fourth-order valence-corrected chi connectivity index (χ4v) is 3.62. The van der Waals surface area contributed by atoms with E-state index in [4.69, 9.17) is 9.73 Å². The van der Waals surface area contributed by atoms with Gasteiger partial charge in [0.1, 0.15) is 11.6 Å². The third-order valence-electron chi connectivity index (χ3n) is 4.79. The van der Waals surface area contributed by atoms with Crippen LogP contribution in [-0.2, 0) is 0 Å². The third kappa shape index (κ3) is 5.09. The Hall–Kier alpha value is -1.83. The Balaban J connectivity index is 1.57. The molecule has 0 aliphatic heterocycles. The van der Waals surface area contributed by atoms with Gasteiger partial charge in [0.2, 0.25) is 5.96 Å². The maximum Gasteiger partial charge on any atom is 0.204 e. The largest absolute Gasteiger partial charge is 0.497 e. The average molecular weight is 467 g/mol. The summed E-state index contributed by atoms with van der Waals surface area (Å²) in [7, 11) is 1.66. The molecule has 0 radical (unpaired) electrons. The highest BCUT2D eigenvalue weighted by molar-refractivity contribution is 14.1. The monoisotopic (exact) mass is 467 g/mol. The van der Waals surface area contributed by atoms with Crippen LogP contribution in [0.2, 0.25) is 0 Å². The van der Waals surface area contributed by atoms with Crippen LogP contribution < -0.4 is 13.6 Å².